The minimum atomic E-state index is -3.53. The summed E-state index contributed by atoms with van der Waals surface area (Å²) in [5.41, 5.74) is 6.13. The number of nitrogen functional groups attached to an aromatic ring is 1. The normalized spacial score (nSPS) is 23.7. The number of benzene rings is 1. The molecule has 20 heavy (non-hydrogen) atoms. The third kappa shape index (κ3) is 3.90. The maximum Gasteiger partial charge on any atom is 0.242 e. The molecule has 3 N–H and O–H groups in total. The van der Waals surface area contributed by atoms with Crippen LogP contribution in [0.15, 0.2) is 27.6 Å². The SMILES string of the molecule is CSC1CCCC(NS(=O)(=O)c2cc(N)ccc2Br)C1. The molecule has 112 valence electrons. The van der Waals surface area contributed by atoms with Crippen molar-refractivity contribution in [2.45, 2.75) is 41.9 Å². The van der Waals surface area contributed by atoms with Crippen molar-refractivity contribution in [2.24, 2.45) is 0 Å². The molecule has 0 amide bonds. The van der Waals surface area contributed by atoms with Gasteiger partial charge >= 0.3 is 0 Å². The standard InChI is InChI=1S/C13H19BrN2O2S2/c1-19-11-4-2-3-10(8-11)16-20(17,18)13-7-9(15)5-6-12(13)14/h5-7,10-11,16H,2-4,8,15H2,1H3. The molecule has 0 aromatic heterocycles. The van der Waals surface area contributed by atoms with Gasteiger partial charge in [0, 0.05) is 21.5 Å². The Morgan fingerprint density at radius 3 is 2.85 bits per heavy atom. The van der Waals surface area contributed by atoms with E-state index in [9.17, 15) is 8.42 Å². The molecule has 0 heterocycles. The molecule has 0 aliphatic heterocycles. The fourth-order valence-corrected chi connectivity index (χ4v) is 5.58. The van der Waals surface area contributed by atoms with Gasteiger partial charge in [0.1, 0.15) is 0 Å². The monoisotopic (exact) mass is 378 g/mol. The number of nitrogens with one attached hydrogen (secondary N) is 1. The molecule has 1 fully saturated rings. The number of nitrogens with two attached hydrogens (primary N) is 1. The van der Waals surface area contributed by atoms with Crippen molar-refractivity contribution in [3.63, 3.8) is 0 Å². The van der Waals surface area contributed by atoms with E-state index in [1.165, 1.54) is 12.5 Å². The number of hydrogen-bond acceptors (Lipinski definition) is 4. The average Bonchev–Trinajstić information content (AvgIpc) is 2.41. The lowest BCUT2D eigenvalue weighted by Crippen LogP contribution is -2.39. The van der Waals surface area contributed by atoms with Crippen LogP contribution in [0.1, 0.15) is 25.7 Å². The molecule has 0 saturated heterocycles. The zero-order chi connectivity index (χ0) is 14.8. The van der Waals surface area contributed by atoms with Gasteiger partial charge in [0.15, 0.2) is 0 Å². The lowest BCUT2D eigenvalue weighted by Gasteiger charge is -2.28. The van der Waals surface area contributed by atoms with Crippen LogP contribution in [0.4, 0.5) is 5.69 Å². The summed E-state index contributed by atoms with van der Waals surface area (Å²) in [6, 6.07) is 4.84. The molecule has 1 saturated carbocycles. The van der Waals surface area contributed by atoms with E-state index in [-0.39, 0.29) is 10.9 Å². The molecule has 1 aromatic rings. The van der Waals surface area contributed by atoms with Crippen molar-refractivity contribution >= 4 is 43.4 Å². The number of anilines is 1. The Bertz CT molecular complexity index is 578. The highest BCUT2D eigenvalue weighted by molar-refractivity contribution is 9.10. The first-order valence-corrected chi connectivity index (χ1v) is 10.1. The highest BCUT2D eigenvalue weighted by atomic mass is 79.9. The fraction of sp³-hybridized carbons (Fsp3) is 0.538. The van der Waals surface area contributed by atoms with E-state index >= 15 is 0 Å². The number of thioether (sulfide) groups is 1. The minimum Gasteiger partial charge on any atom is -0.399 e. The van der Waals surface area contributed by atoms with Crippen LogP contribution in [0.25, 0.3) is 0 Å². The molecule has 0 radical (unpaired) electrons. The summed E-state index contributed by atoms with van der Waals surface area (Å²) in [5.74, 6) is 0. The molecule has 1 aliphatic carbocycles. The highest BCUT2D eigenvalue weighted by Crippen LogP contribution is 2.29. The van der Waals surface area contributed by atoms with Crippen LogP contribution in [-0.2, 0) is 10.0 Å². The Morgan fingerprint density at radius 1 is 1.40 bits per heavy atom. The summed E-state index contributed by atoms with van der Waals surface area (Å²) in [6.45, 7) is 0. The third-order valence-corrected chi connectivity index (χ3v) is 7.14. The Labute approximate surface area is 133 Å². The zero-order valence-corrected chi connectivity index (χ0v) is 14.5. The van der Waals surface area contributed by atoms with E-state index in [1.807, 2.05) is 11.8 Å². The Hall–Kier alpha value is -0.240. The van der Waals surface area contributed by atoms with E-state index in [2.05, 4.69) is 26.9 Å². The van der Waals surface area contributed by atoms with Gasteiger partial charge in [-0.15, -0.1) is 0 Å². The first-order chi connectivity index (χ1) is 9.42. The second kappa shape index (κ2) is 6.68. The lowest BCUT2D eigenvalue weighted by molar-refractivity contribution is 0.420. The third-order valence-electron chi connectivity index (χ3n) is 3.53. The number of hydrogen-bond donors (Lipinski definition) is 2. The van der Waals surface area contributed by atoms with Crippen molar-refractivity contribution < 1.29 is 8.42 Å². The second-order valence-electron chi connectivity index (χ2n) is 5.03. The maximum absolute atomic E-state index is 12.5. The van der Waals surface area contributed by atoms with Gasteiger partial charge in [-0.1, -0.05) is 6.42 Å². The largest absolute Gasteiger partial charge is 0.399 e. The van der Waals surface area contributed by atoms with Crippen LogP contribution in [0.3, 0.4) is 0 Å². The number of sulfonamides is 1. The van der Waals surface area contributed by atoms with Gasteiger partial charge in [-0.25, -0.2) is 13.1 Å². The predicted molar refractivity (Wildman–Crippen MR) is 88.4 cm³/mol. The van der Waals surface area contributed by atoms with Gasteiger partial charge in [-0.05, 0) is 59.6 Å². The number of halogens is 1. The van der Waals surface area contributed by atoms with Crippen molar-refractivity contribution in [1.82, 2.24) is 4.72 Å². The predicted octanol–water partition coefficient (Wildman–Crippen LogP) is 2.98. The summed E-state index contributed by atoms with van der Waals surface area (Å²) < 4.78 is 28.3. The first-order valence-electron chi connectivity index (χ1n) is 6.52. The van der Waals surface area contributed by atoms with Crippen molar-refractivity contribution in [3.05, 3.63) is 22.7 Å². The molecule has 7 heteroatoms. The van der Waals surface area contributed by atoms with Gasteiger partial charge in [-0.2, -0.15) is 11.8 Å². The smallest absolute Gasteiger partial charge is 0.242 e. The van der Waals surface area contributed by atoms with E-state index in [0.29, 0.717) is 15.4 Å². The van der Waals surface area contributed by atoms with Crippen molar-refractivity contribution in [2.75, 3.05) is 12.0 Å². The molecule has 1 aromatic carbocycles. The van der Waals surface area contributed by atoms with Gasteiger partial charge in [-0.3, -0.25) is 0 Å². The molecule has 2 rings (SSSR count). The van der Waals surface area contributed by atoms with Crippen LogP contribution in [0.5, 0.6) is 0 Å². The van der Waals surface area contributed by atoms with Crippen molar-refractivity contribution in [1.29, 1.82) is 0 Å². The van der Waals surface area contributed by atoms with Crippen LogP contribution in [0.2, 0.25) is 0 Å². The lowest BCUT2D eigenvalue weighted by atomic mass is 9.96. The summed E-state index contributed by atoms with van der Waals surface area (Å²) >= 11 is 5.09. The topological polar surface area (TPSA) is 72.2 Å². The molecule has 2 atom stereocenters. The van der Waals surface area contributed by atoms with Crippen LogP contribution >= 0.6 is 27.7 Å². The Morgan fingerprint density at radius 2 is 2.15 bits per heavy atom. The van der Waals surface area contributed by atoms with Gasteiger partial charge in [0.05, 0.1) is 4.90 Å². The van der Waals surface area contributed by atoms with Crippen LogP contribution < -0.4 is 10.5 Å². The Kier molecular flexibility index (Phi) is 5.39. The summed E-state index contributed by atoms with van der Waals surface area (Å²) in [5, 5.41) is 0.542. The van der Waals surface area contributed by atoms with Gasteiger partial charge in [0.2, 0.25) is 10.0 Å². The van der Waals surface area contributed by atoms with E-state index in [0.717, 1.165) is 19.3 Å². The molecule has 2 unspecified atom stereocenters. The maximum atomic E-state index is 12.5. The van der Waals surface area contributed by atoms with Crippen LogP contribution in [0, 0.1) is 0 Å². The summed E-state index contributed by atoms with van der Waals surface area (Å²) in [4.78, 5) is 0.212. The molecular weight excluding hydrogens is 360 g/mol. The highest BCUT2D eigenvalue weighted by Gasteiger charge is 2.27. The van der Waals surface area contributed by atoms with E-state index < -0.39 is 10.0 Å². The molecule has 4 nitrogen and oxygen atoms in total. The van der Waals surface area contributed by atoms with Gasteiger partial charge in [0.25, 0.3) is 0 Å². The molecule has 1 aliphatic rings. The van der Waals surface area contributed by atoms with Gasteiger partial charge < -0.3 is 5.73 Å². The molecular formula is C13H19BrN2O2S2. The Balaban J connectivity index is 2.16. The minimum absolute atomic E-state index is 0.0135. The fourth-order valence-electron chi connectivity index (χ4n) is 2.47. The van der Waals surface area contributed by atoms with E-state index in [4.69, 9.17) is 5.73 Å². The van der Waals surface area contributed by atoms with Crippen LogP contribution in [-0.4, -0.2) is 26.0 Å². The number of rotatable bonds is 4. The summed E-state index contributed by atoms with van der Waals surface area (Å²) in [7, 11) is -3.53. The summed E-state index contributed by atoms with van der Waals surface area (Å²) in [6.07, 6.45) is 6.10. The first kappa shape index (κ1) is 16.1. The van der Waals surface area contributed by atoms with E-state index in [1.54, 1.807) is 12.1 Å². The van der Waals surface area contributed by atoms with Crippen molar-refractivity contribution in [3.8, 4) is 0 Å². The molecule has 0 bridgehead atoms. The molecule has 0 spiro atoms. The second-order valence-corrected chi connectivity index (χ2v) is 8.71. The quantitative estimate of drug-likeness (QED) is 0.789. The zero-order valence-electron chi connectivity index (χ0n) is 11.3. The average molecular weight is 379 g/mol.